The van der Waals surface area contributed by atoms with Crippen LogP contribution in [0.5, 0.6) is 5.75 Å². The molecule has 1 atom stereocenters. The van der Waals surface area contributed by atoms with Crippen molar-refractivity contribution in [2.24, 2.45) is 5.92 Å². The summed E-state index contributed by atoms with van der Waals surface area (Å²) in [6.07, 6.45) is 0. The molecular formula is C23H29BrN2O3. The van der Waals surface area contributed by atoms with E-state index in [0.29, 0.717) is 24.8 Å². The van der Waals surface area contributed by atoms with Gasteiger partial charge in [0, 0.05) is 17.6 Å². The second kappa shape index (κ2) is 11.0. The zero-order valence-electron chi connectivity index (χ0n) is 17.4. The van der Waals surface area contributed by atoms with Gasteiger partial charge in [-0.2, -0.15) is 0 Å². The molecule has 1 unspecified atom stereocenters. The van der Waals surface area contributed by atoms with Gasteiger partial charge in [-0.15, -0.1) is 0 Å². The van der Waals surface area contributed by atoms with Gasteiger partial charge in [-0.3, -0.25) is 9.59 Å². The Kier molecular flexibility index (Phi) is 8.70. The average Bonchev–Trinajstić information content (AvgIpc) is 2.70. The van der Waals surface area contributed by atoms with E-state index in [0.717, 1.165) is 15.6 Å². The van der Waals surface area contributed by atoms with Gasteiger partial charge in [-0.1, -0.05) is 60.1 Å². The first-order valence-corrected chi connectivity index (χ1v) is 10.6. The molecule has 156 valence electrons. The maximum atomic E-state index is 13.0. The van der Waals surface area contributed by atoms with E-state index in [9.17, 15) is 9.59 Å². The van der Waals surface area contributed by atoms with Gasteiger partial charge in [0.1, 0.15) is 11.8 Å². The topological polar surface area (TPSA) is 58.6 Å². The van der Waals surface area contributed by atoms with Gasteiger partial charge in [-0.25, -0.2) is 0 Å². The fourth-order valence-electron chi connectivity index (χ4n) is 2.76. The molecule has 2 rings (SSSR count). The Bertz CT molecular complexity index is 821. The first-order chi connectivity index (χ1) is 13.8. The Hall–Kier alpha value is -2.34. The summed E-state index contributed by atoms with van der Waals surface area (Å²) in [6.45, 7) is 8.53. The molecule has 0 aliphatic heterocycles. The summed E-state index contributed by atoms with van der Waals surface area (Å²) in [6, 6.07) is 14.7. The molecule has 1 N–H and O–H groups in total. The maximum absolute atomic E-state index is 13.0. The highest BCUT2D eigenvalue weighted by molar-refractivity contribution is 9.10. The number of aryl methyl sites for hydroxylation is 1. The van der Waals surface area contributed by atoms with Crippen molar-refractivity contribution in [3.63, 3.8) is 0 Å². The minimum atomic E-state index is -0.606. The molecule has 0 spiro atoms. The minimum Gasteiger partial charge on any atom is -0.484 e. The number of hydrogen-bond donors (Lipinski definition) is 1. The lowest BCUT2D eigenvalue weighted by atomic mass is 10.1. The Morgan fingerprint density at radius 2 is 1.72 bits per heavy atom. The van der Waals surface area contributed by atoms with Crippen LogP contribution in [0.2, 0.25) is 0 Å². The smallest absolute Gasteiger partial charge is 0.261 e. The summed E-state index contributed by atoms with van der Waals surface area (Å²) in [5, 5.41) is 2.91. The van der Waals surface area contributed by atoms with E-state index >= 15 is 0 Å². The molecule has 0 radical (unpaired) electrons. The summed E-state index contributed by atoms with van der Waals surface area (Å²) >= 11 is 3.42. The van der Waals surface area contributed by atoms with Crippen LogP contribution in [0.15, 0.2) is 53.0 Å². The molecule has 0 aliphatic carbocycles. The number of nitrogens with one attached hydrogen (secondary N) is 1. The second-order valence-corrected chi connectivity index (χ2v) is 8.43. The highest BCUT2D eigenvalue weighted by Crippen LogP contribution is 2.18. The van der Waals surface area contributed by atoms with Crippen molar-refractivity contribution in [3.8, 4) is 5.75 Å². The molecule has 0 fully saturated rings. The van der Waals surface area contributed by atoms with Crippen LogP contribution in [0.3, 0.4) is 0 Å². The molecule has 6 heteroatoms. The van der Waals surface area contributed by atoms with Crippen molar-refractivity contribution >= 4 is 27.7 Å². The fraction of sp³-hybridized carbons (Fsp3) is 0.391. The molecule has 5 nitrogen and oxygen atoms in total. The van der Waals surface area contributed by atoms with Crippen LogP contribution in [0, 0.1) is 12.8 Å². The van der Waals surface area contributed by atoms with Crippen molar-refractivity contribution in [1.29, 1.82) is 0 Å². The van der Waals surface area contributed by atoms with E-state index in [1.165, 1.54) is 0 Å². The molecule has 0 aromatic heterocycles. The number of para-hydroxylation sites is 1. The third kappa shape index (κ3) is 7.20. The quantitative estimate of drug-likeness (QED) is 0.605. The van der Waals surface area contributed by atoms with E-state index < -0.39 is 6.04 Å². The predicted molar refractivity (Wildman–Crippen MR) is 119 cm³/mol. The Morgan fingerprint density at radius 3 is 2.34 bits per heavy atom. The van der Waals surface area contributed by atoms with Gasteiger partial charge in [0.15, 0.2) is 6.61 Å². The van der Waals surface area contributed by atoms with E-state index in [1.54, 1.807) is 11.8 Å². The maximum Gasteiger partial charge on any atom is 0.261 e. The van der Waals surface area contributed by atoms with Gasteiger partial charge < -0.3 is 15.0 Å². The van der Waals surface area contributed by atoms with Crippen molar-refractivity contribution < 1.29 is 14.3 Å². The molecule has 2 aromatic carbocycles. The molecule has 2 amide bonds. The number of amides is 2. The molecule has 0 aliphatic rings. The van der Waals surface area contributed by atoms with Gasteiger partial charge >= 0.3 is 0 Å². The zero-order chi connectivity index (χ0) is 21.4. The Balaban J connectivity index is 2.13. The number of benzene rings is 2. The molecule has 0 bridgehead atoms. The van der Waals surface area contributed by atoms with E-state index in [-0.39, 0.29) is 18.4 Å². The van der Waals surface area contributed by atoms with Crippen molar-refractivity contribution in [1.82, 2.24) is 10.2 Å². The van der Waals surface area contributed by atoms with Crippen LogP contribution in [0.25, 0.3) is 0 Å². The Labute approximate surface area is 181 Å². The predicted octanol–water partition coefficient (Wildman–Crippen LogP) is 4.33. The van der Waals surface area contributed by atoms with Crippen LogP contribution in [0.1, 0.15) is 31.9 Å². The van der Waals surface area contributed by atoms with Crippen molar-refractivity contribution in [2.75, 3.05) is 13.2 Å². The number of carbonyl (C=O) groups is 2. The van der Waals surface area contributed by atoms with Gasteiger partial charge in [0.05, 0.1) is 0 Å². The lowest BCUT2D eigenvalue weighted by Gasteiger charge is -2.29. The number of halogens is 1. The fourth-order valence-corrected chi connectivity index (χ4v) is 3.03. The van der Waals surface area contributed by atoms with E-state index in [4.69, 9.17) is 4.74 Å². The van der Waals surface area contributed by atoms with Gasteiger partial charge in [0.2, 0.25) is 5.91 Å². The van der Waals surface area contributed by atoms with Crippen molar-refractivity contribution in [2.45, 2.75) is 40.3 Å². The SMILES string of the molecule is Cc1ccccc1OCC(=O)N(Cc1ccc(Br)cc1)C(C)C(=O)NCC(C)C. The molecular weight excluding hydrogens is 432 g/mol. The monoisotopic (exact) mass is 460 g/mol. The van der Waals surface area contributed by atoms with Crippen LogP contribution in [0.4, 0.5) is 0 Å². The average molecular weight is 461 g/mol. The molecule has 29 heavy (non-hydrogen) atoms. The molecule has 2 aromatic rings. The van der Waals surface area contributed by atoms with Crippen molar-refractivity contribution in [3.05, 3.63) is 64.1 Å². The molecule has 0 saturated carbocycles. The van der Waals surface area contributed by atoms with Gasteiger partial charge in [0.25, 0.3) is 5.91 Å². The molecule has 0 saturated heterocycles. The number of rotatable bonds is 9. The van der Waals surface area contributed by atoms with Crippen LogP contribution in [-0.2, 0) is 16.1 Å². The lowest BCUT2D eigenvalue weighted by molar-refractivity contribution is -0.142. The summed E-state index contributed by atoms with van der Waals surface area (Å²) in [5.74, 6) is 0.607. The first kappa shape index (κ1) is 22.9. The van der Waals surface area contributed by atoms with Crippen LogP contribution < -0.4 is 10.1 Å². The third-order valence-electron chi connectivity index (χ3n) is 4.56. The minimum absolute atomic E-state index is 0.122. The van der Waals surface area contributed by atoms with E-state index in [2.05, 4.69) is 21.2 Å². The third-order valence-corrected chi connectivity index (χ3v) is 5.09. The second-order valence-electron chi connectivity index (χ2n) is 7.52. The van der Waals surface area contributed by atoms with Crippen LogP contribution >= 0.6 is 15.9 Å². The number of nitrogens with zero attached hydrogens (tertiary/aromatic N) is 1. The Morgan fingerprint density at radius 1 is 1.07 bits per heavy atom. The zero-order valence-corrected chi connectivity index (χ0v) is 19.0. The van der Waals surface area contributed by atoms with E-state index in [1.807, 2.05) is 69.3 Å². The summed E-state index contributed by atoms with van der Waals surface area (Å²) in [7, 11) is 0. The number of carbonyl (C=O) groups excluding carboxylic acids is 2. The summed E-state index contributed by atoms with van der Waals surface area (Å²) in [4.78, 5) is 27.2. The summed E-state index contributed by atoms with van der Waals surface area (Å²) < 4.78 is 6.70. The highest BCUT2D eigenvalue weighted by atomic mass is 79.9. The number of hydrogen-bond acceptors (Lipinski definition) is 3. The first-order valence-electron chi connectivity index (χ1n) is 9.78. The number of ether oxygens (including phenoxy) is 1. The summed E-state index contributed by atoms with van der Waals surface area (Å²) in [5.41, 5.74) is 1.91. The largest absolute Gasteiger partial charge is 0.484 e. The standard InChI is InChI=1S/C23H29BrN2O3/c1-16(2)13-25-23(28)18(4)26(14-19-9-11-20(24)12-10-19)22(27)15-29-21-8-6-5-7-17(21)3/h5-12,16,18H,13-15H2,1-4H3,(H,25,28). The lowest BCUT2D eigenvalue weighted by Crippen LogP contribution is -2.49. The molecule has 0 heterocycles. The normalized spacial score (nSPS) is 11.8. The highest BCUT2D eigenvalue weighted by Gasteiger charge is 2.26. The van der Waals surface area contributed by atoms with Crippen LogP contribution in [-0.4, -0.2) is 35.9 Å². The van der Waals surface area contributed by atoms with Gasteiger partial charge in [-0.05, 0) is 49.1 Å².